The second-order valence-corrected chi connectivity index (χ2v) is 11.4. The Bertz CT molecular complexity index is 1120. The number of amides is 2. The van der Waals surface area contributed by atoms with Crippen LogP contribution >= 0.6 is 0 Å². The molecule has 3 heterocycles. The van der Waals surface area contributed by atoms with Gasteiger partial charge in [0.15, 0.2) is 0 Å². The van der Waals surface area contributed by atoms with Crippen molar-refractivity contribution < 1.29 is 28.4 Å². The second-order valence-electron chi connectivity index (χ2n) is 11.4. The minimum absolute atomic E-state index is 0.00958. The number of fused-ring (bicyclic) bond motifs is 1. The Balaban J connectivity index is 1.62. The van der Waals surface area contributed by atoms with Crippen molar-refractivity contribution in [1.29, 1.82) is 0 Å². The predicted molar refractivity (Wildman–Crippen MR) is 131 cm³/mol. The summed E-state index contributed by atoms with van der Waals surface area (Å²) < 4.78 is 17.8. The quantitative estimate of drug-likeness (QED) is 0.641. The standard InChI is InChI=1S/C25H34BN3O6/c1-23(2,3)19-14-33-21(28-19)20(30)27-18-10-11-29(22(31)32)13-15-12-16(8-9-17(15)18)26-34-24(4,5)25(6,7)35-26/h8-9,12,14,18H,10-11,13H2,1-7H3,(H,27,30)(H,31,32)/t18-/m1/s1. The van der Waals surface area contributed by atoms with E-state index in [2.05, 4.69) is 10.3 Å². The molecule has 2 aliphatic rings. The molecule has 0 bridgehead atoms. The highest BCUT2D eigenvalue weighted by Gasteiger charge is 2.51. The number of carboxylic acid groups (broad SMARTS) is 1. The Labute approximate surface area is 206 Å². The van der Waals surface area contributed by atoms with Gasteiger partial charge in [-0.05, 0) is 50.7 Å². The third kappa shape index (κ3) is 4.95. The zero-order valence-electron chi connectivity index (χ0n) is 21.5. The second kappa shape index (κ2) is 8.67. The highest BCUT2D eigenvalue weighted by molar-refractivity contribution is 6.62. The van der Waals surface area contributed by atoms with Gasteiger partial charge in [0.1, 0.15) is 6.26 Å². The summed E-state index contributed by atoms with van der Waals surface area (Å²) in [6.45, 7) is 14.4. The van der Waals surface area contributed by atoms with E-state index < -0.39 is 36.4 Å². The smallest absolute Gasteiger partial charge is 0.465 e. The number of hydrogen-bond donors (Lipinski definition) is 2. The van der Waals surface area contributed by atoms with E-state index in [0.717, 1.165) is 16.6 Å². The van der Waals surface area contributed by atoms with Gasteiger partial charge in [-0.3, -0.25) is 4.79 Å². The molecule has 0 aliphatic carbocycles. The molecule has 0 spiro atoms. The summed E-state index contributed by atoms with van der Waals surface area (Å²) in [5.74, 6) is -0.445. The number of benzene rings is 1. The largest absolute Gasteiger partial charge is 0.494 e. The minimum Gasteiger partial charge on any atom is -0.465 e. The van der Waals surface area contributed by atoms with Crippen molar-refractivity contribution in [2.45, 2.75) is 84.1 Å². The van der Waals surface area contributed by atoms with Crippen LogP contribution in [0.5, 0.6) is 0 Å². The van der Waals surface area contributed by atoms with Crippen LogP contribution in [0, 0.1) is 0 Å². The van der Waals surface area contributed by atoms with Gasteiger partial charge in [0.05, 0.1) is 22.9 Å². The highest BCUT2D eigenvalue weighted by Crippen LogP contribution is 2.37. The van der Waals surface area contributed by atoms with E-state index >= 15 is 0 Å². The fraction of sp³-hybridized carbons (Fsp3) is 0.560. The Morgan fingerprint density at radius 3 is 2.40 bits per heavy atom. The van der Waals surface area contributed by atoms with Gasteiger partial charge in [0, 0.05) is 18.5 Å². The lowest BCUT2D eigenvalue weighted by molar-refractivity contribution is 0.00578. The van der Waals surface area contributed by atoms with Gasteiger partial charge in [-0.25, -0.2) is 9.78 Å². The summed E-state index contributed by atoms with van der Waals surface area (Å²) in [6, 6.07) is 5.35. The summed E-state index contributed by atoms with van der Waals surface area (Å²) in [6.07, 6.45) is 0.915. The first kappa shape index (κ1) is 25.3. The molecule has 1 aromatic heterocycles. The third-order valence-electron chi connectivity index (χ3n) is 7.16. The first-order chi connectivity index (χ1) is 16.2. The molecule has 1 atom stereocenters. The van der Waals surface area contributed by atoms with Crippen molar-refractivity contribution in [2.24, 2.45) is 0 Å². The summed E-state index contributed by atoms with van der Waals surface area (Å²) >= 11 is 0. The topological polar surface area (TPSA) is 114 Å². The van der Waals surface area contributed by atoms with E-state index in [0.29, 0.717) is 12.1 Å². The first-order valence-electron chi connectivity index (χ1n) is 11.9. The van der Waals surface area contributed by atoms with Crippen LogP contribution in [0.3, 0.4) is 0 Å². The van der Waals surface area contributed by atoms with E-state index in [1.807, 2.05) is 66.7 Å². The Morgan fingerprint density at radius 1 is 1.17 bits per heavy atom. The van der Waals surface area contributed by atoms with Gasteiger partial charge in [-0.2, -0.15) is 0 Å². The van der Waals surface area contributed by atoms with Crippen molar-refractivity contribution >= 4 is 24.6 Å². The van der Waals surface area contributed by atoms with Crippen LogP contribution in [0.1, 0.15) is 88.4 Å². The number of carbonyl (C=O) groups excluding carboxylic acids is 1. The predicted octanol–water partition coefficient (Wildman–Crippen LogP) is 3.63. The molecule has 2 aliphatic heterocycles. The van der Waals surface area contributed by atoms with Crippen molar-refractivity contribution in [1.82, 2.24) is 15.2 Å². The molecule has 188 valence electrons. The van der Waals surface area contributed by atoms with Crippen molar-refractivity contribution in [3.63, 3.8) is 0 Å². The molecular weight excluding hydrogens is 449 g/mol. The average molecular weight is 483 g/mol. The Kier molecular flexibility index (Phi) is 6.26. The fourth-order valence-electron chi connectivity index (χ4n) is 4.21. The SMILES string of the molecule is CC(C)(C)c1coc(C(=O)N[C@@H]2CCN(C(=O)O)Cc3cc(B4OC(C)(C)C(C)(C)O4)ccc32)n1. The number of nitrogens with one attached hydrogen (secondary N) is 1. The number of nitrogens with zero attached hydrogens (tertiary/aromatic N) is 2. The maximum Gasteiger partial charge on any atom is 0.494 e. The van der Waals surface area contributed by atoms with Crippen LogP contribution in [-0.4, -0.2) is 51.9 Å². The molecule has 4 rings (SSSR count). The fourth-order valence-corrected chi connectivity index (χ4v) is 4.21. The molecule has 1 saturated heterocycles. The van der Waals surface area contributed by atoms with Crippen LogP contribution < -0.4 is 10.8 Å². The molecule has 0 saturated carbocycles. The normalized spacial score (nSPS) is 21.4. The lowest BCUT2D eigenvalue weighted by Gasteiger charge is -2.32. The van der Waals surface area contributed by atoms with Crippen LogP contribution in [0.4, 0.5) is 4.79 Å². The Morgan fingerprint density at radius 2 is 1.83 bits per heavy atom. The van der Waals surface area contributed by atoms with Gasteiger partial charge in [0.25, 0.3) is 5.89 Å². The zero-order valence-corrected chi connectivity index (χ0v) is 21.5. The lowest BCUT2D eigenvalue weighted by atomic mass is 9.77. The third-order valence-corrected chi connectivity index (χ3v) is 7.16. The molecule has 35 heavy (non-hydrogen) atoms. The van der Waals surface area contributed by atoms with Gasteiger partial charge in [-0.15, -0.1) is 0 Å². The monoisotopic (exact) mass is 483 g/mol. The molecule has 1 aromatic carbocycles. The Hall–Kier alpha value is -2.85. The van der Waals surface area contributed by atoms with E-state index in [1.54, 1.807) is 0 Å². The zero-order chi connectivity index (χ0) is 25.8. The van der Waals surface area contributed by atoms with E-state index in [9.17, 15) is 14.7 Å². The van der Waals surface area contributed by atoms with Gasteiger partial charge in [0.2, 0.25) is 0 Å². The molecule has 1 fully saturated rings. The minimum atomic E-state index is -1.01. The number of aromatic nitrogens is 1. The number of carbonyl (C=O) groups is 2. The van der Waals surface area contributed by atoms with E-state index in [-0.39, 0.29) is 24.4 Å². The average Bonchev–Trinajstić information content (AvgIpc) is 3.27. The van der Waals surface area contributed by atoms with E-state index in [1.165, 1.54) is 11.2 Å². The maximum atomic E-state index is 13.0. The molecule has 9 nitrogen and oxygen atoms in total. The maximum absolute atomic E-state index is 13.0. The number of hydrogen-bond acceptors (Lipinski definition) is 6. The van der Waals surface area contributed by atoms with Crippen molar-refractivity contribution in [2.75, 3.05) is 6.54 Å². The highest BCUT2D eigenvalue weighted by atomic mass is 16.7. The van der Waals surface area contributed by atoms with Crippen LogP contribution in [0.15, 0.2) is 28.9 Å². The lowest BCUT2D eigenvalue weighted by Crippen LogP contribution is -2.41. The number of rotatable bonds is 3. The van der Waals surface area contributed by atoms with Crippen LogP contribution in [0.25, 0.3) is 0 Å². The van der Waals surface area contributed by atoms with E-state index in [4.69, 9.17) is 13.7 Å². The van der Waals surface area contributed by atoms with Crippen molar-refractivity contribution in [3.05, 3.63) is 47.2 Å². The van der Waals surface area contributed by atoms with Crippen LogP contribution in [0.2, 0.25) is 0 Å². The molecule has 0 unspecified atom stereocenters. The summed E-state index contributed by atoms with van der Waals surface area (Å²) in [5.41, 5.74) is 1.92. The summed E-state index contributed by atoms with van der Waals surface area (Å²) in [7, 11) is -0.567. The van der Waals surface area contributed by atoms with Gasteiger partial charge < -0.3 is 29.0 Å². The number of oxazole rings is 1. The van der Waals surface area contributed by atoms with Gasteiger partial charge >= 0.3 is 19.1 Å². The molecule has 2 N–H and O–H groups in total. The van der Waals surface area contributed by atoms with Crippen LogP contribution in [-0.2, 0) is 21.3 Å². The van der Waals surface area contributed by atoms with Crippen molar-refractivity contribution in [3.8, 4) is 0 Å². The molecule has 10 heteroatoms. The molecule has 0 radical (unpaired) electrons. The van der Waals surface area contributed by atoms with Gasteiger partial charge in [-0.1, -0.05) is 39.0 Å². The molecule has 2 amide bonds. The summed E-state index contributed by atoms with van der Waals surface area (Å²) in [5, 5.41) is 12.7. The molecule has 2 aromatic rings. The summed E-state index contributed by atoms with van der Waals surface area (Å²) in [4.78, 5) is 30.5. The molecular formula is C25H34BN3O6. The first-order valence-corrected chi connectivity index (χ1v) is 11.9.